The molecule has 2 heterocycles. The number of carbonyl (C=O) groups excluding carboxylic acids is 3. The molecule has 0 aromatic carbocycles. The first-order valence-corrected chi connectivity index (χ1v) is 7.26. The maximum atomic E-state index is 12.3. The first-order chi connectivity index (χ1) is 9.99. The molecule has 0 radical (unpaired) electrons. The first-order valence-electron chi connectivity index (χ1n) is 7.26. The minimum Gasteiger partial charge on any atom is -0.368 e. The molecule has 2 saturated heterocycles. The van der Waals surface area contributed by atoms with Gasteiger partial charge in [-0.15, -0.1) is 0 Å². The summed E-state index contributed by atoms with van der Waals surface area (Å²) < 4.78 is 0. The van der Waals surface area contributed by atoms with Gasteiger partial charge in [0.2, 0.25) is 17.7 Å². The normalized spacial score (nSPS) is 24.0. The quantitative estimate of drug-likeness (QED) is 0.597. The van der Waals surface area contributed by atoms with Crippen LogP contribution in [-0.2, 0) is 14.4 Å². The van der Waals surface area contributed by atoms with E-state index in [1.54, 1.807) is 9.80 Å². The lowest BCUT2D eigenvalue weighted by atomic mass is 10.1. The van der Waals surface area contributed by atoms with Crippen LogP contribution in [0.25, 0.3) is 0 Å². The van der Waals surface area contributed by atoms with E-state index in [2.05, 4.69) is 5.32 Å². The number of hydrogen-bond acceptors (Lipinski definition) is 5. The zero-order chi connectivity index (χ0) is 15.4. The molecule has 3 amide bonds. The minimum atomic E-state index is -0.429. The molecule has 8 heteroatoms. The van der Waals surface area contributed by atoms with Gasteiger partial charge in [0.05, 0.1) is 6.54 Å². The second-order valence-electron chi connectivity index (χ2n) is 5.48. The molecule has 1 unspecified atom stereocenters. The second-order valence-corrected chi connectivity index (χ2v) is 5.48. The van der Waals surface area contributed by atoms with Gasteiger partial charge >= 0.3 is 0 Å². The number of nitrogens with zero attached hydrogens (tertiary/aromatic N) is 3. The third kappa shape index (κ3) is 3.92. The molecule has 2 aliphatic rings. The van der Waals surface area contributed by atoms with Crippen molar-refractivity contribution in [3.8, 4) is 0 Å². The molecule has 1 atom stereocenters. The monoisotopic (exact) mass is 297 g/mol. The van der Waals surface area contributed by atoms with Crippen LogP contribution in [0, 0.1) is 0 Å². The standard InChI is InChI=1S/C13H23N5O3/c1-10(19)16-4-6-17(7-5-16)12(20)9-18-3-2-15-8-11(18)13(14)21/h11,15H,2-9H2,1H3,(H2,14,21). The molecule has 0 aliphatic carbocycles. The van der Waals surface area contributed by atoms with Crippen molar-refractivity contribution < 1.29 is 14.4 Å². The van der Waals surface area contributed by atoms with E-state index in [-0.39, 0.29) is 18.4 Å². The summed E-state index contributed by atoms with van der Waals surface area (Å²) in [5, 5.41) is 3.11. The van der Waals surface area contributed by atoms with Crippen molar-refractivity contribution in [3.05, 3.63) is 0 Å². The van der Waals surface area contributed by atoms with Crippen molar-refractivity contribution in [1.29, 1.82) is 0 Å². The Labute approximate surface area is 124 Å². The fourth-order valence-electron chi connectivity index (χ4n) is 2.76. The maximum absolute atomic E-state index is 12.3. The highest BCUT2D eigenvalue weighted by atomic mass is 16.2. The molecule has 0 aromatic rings. The summed E-state index contributed by atoms with van der Waals surface area (Å²) in [6.45, 7) is 5.84. The molecule has 118 valence electrons. The number of hydrogen-bond donors (Lipinski definition) is 2. The Kier molecular flexibility index (Phi) is 5.13. The fourth-order valence-corrected chi connectivity index (χ4v) is 2.76. The van der Waals surface area contributed by atoms with Crippen molar-refractivity contribution in [2.45, 2.75) is 13.0 Å². The molecule has 0 saturated carbocycles. The number of amides is 3. The van der Waals surface area contributed by atoms with Gasteiger partial charge in [0, 0.05) is 52.7 Å². The van der Waals surface area contributed by atoms with Crippen LogP contribution in [0.5, 0.6) is 0 Å². The Morgan fingerprint density at radius 1 is 1.10 bits per heavy atom. The molecule has 21 heavy (non-hydrogen) atoms. The molecule has 0 spiro atoms. The molecular formula is C13H23N5O3. The van der Waals surface area contributed by atoms with Gasteiger partial charge in [0.25, 0.3) is 0 Å². The third-order valence-corrected chi connectivity index (χ3v) is 4.10. The zero-order valence-corrected chi connectivity index (χ0v) is 12.4. The van der Waals surface area contributed by atoms with Gasteiger partial charge in [0.1, 0.15) is 6.04 Å². The number of rotatable bonds is 3. The van der Waals surface area contributed by atoms with Gasteiger partial charge < -0.3 is 20.9 Å². The molecule has 8 nitrogen and oxygen atoms in total. The summed E-state index contributed by atoms with van der Waals surface area (Å²) in [6, 6.07) is -0.429. The summed E-state index contributed by atoms with van der Waals surface area (Å²) >= 11 is 0. The van der Waals surface area contributed by atoms with Crippen LogP contribution in [0.3, 0.4) is 0 Å². The molecule has 2 fully saturated rings. The lowest BCUT2D eigenvalue weighted by Crippen LogP contribution is -2.60. The summed E-state index contributed by atoms with van der Waals surface area (Å²) in [5.41, 5.74) is 5.37. The summed E-state index contributed by atoms with van der Waals surface area (Å²) in [7, 11) is 0. The van der Waals surface area contributed by atoms with Crippen LogP contribution in [0.1, 0.15) is 6.92 Å². The van der Waals surface area contributed by atoms with Crippen LogP contribution < -0.4 is 11.1 Å². The third-order valence-electron chi connectivity index (χ3n) is 4.10. The van der Waals surface area contributed by atoms with Gasteiger partial charge in [-0.3, -0.25) is 19.3 Å². The van der Waals surface area contributed by atoms with Crippen molar-refractivity contribution in [1.82, 2.24) is 20.0 Å². The lowest BCUT2D eigenvalue weighted by molar-refractivity contribution is -0.140. The summed E-state index contributed by atoms with van der Waals surface area (Å²) in [6.07, 6.45) is 0. The fraction of sp³-hybridized carbons (Fsp3) is 0.769. The topological polar surface area (TPSA) is 99.0 Å². The van der Waals surface area contributed by atoms with E-state index in [4.69, 9.17) is 5.73 Å². The minimum absolute atomic E-state index is 0.00801. The second kappa shape index (κ2) is 6.86. The molecule has 0 aromatic heterocycles. The van der Waals surface area contributed by atoms with Crippen LogP contribution in [0.15, 0.2) is 0 Å². The van der Waals surface area contributed by atoms with Crippen LogP contribution in [0.2, 0.25) is 0 Å². The number of carbonyl (C=O) groups is 3. The largest absolute Gasteiger partial charge is 0.368 e. The van der Waals surface area contributed by atoms with E-state index >= 15 is 0 Å². The molecular weight excluding hydrogens is 274 g/mol. The Morgan fingerprint density at radius 3 is 2.29 bits per heavy atom. The Balaban J connectivity index is 1.86. The molecule has 2 rings (SSSR count). The average molecular weight is 297 g/mol. The number of nitrogens with two attached hydrogens (primary N) is 1. The highest BCUT2D eigenvalue weighted by Crippen LogP contribution is 2.07. The maximum Gasteiger partial charge on any atom is 0.236 e. The zero-order valence-electron chi connectivity index (χ0n) is 12.4. The van der Waals surface area contributed by atoms with E-state index in [0.29, 0.717) is 39.3 Å². The summed E-state index contributed by atoms with van der Waals surface area (Å²) in [5.74, 6) is -0.374. The summed E-state index contributed by atoms with van der Waals surface area (Å²) in [4.78, 5) is 40.3. The highest BCUT2D eigenvalue weighted by molar-refractivity contribution is 5.83. The molecule has 3 N–H and O–H groups in total. The van der Waals surface area contributed by atoms with Gasteiger partial charge in [-0.25, -0.2) is 0 Å². The van der Waals surface area contributed by atoms with E-state index in [1.807, 2.05) is 4.90 Å². The lowest BCUT2D eigenvalue weighted by Gasteiger charge is -2.38. The Bertz CT molecular complexity index is 420. The van der Waals surface area contributed by atoms with E-state index < -0.39 is 11.9 Å². The molecule has 2 aliphatic heterocycles. The van der Waals surface area contributed by atoms with Crippen molar-refractivity contribution >= 4 is 17.7 Å². The van der Waals surface area contributed by atoms with E-state index in [1.165, 1.54) is 6.92 Å². The smallest absolute Gasteiger partial charge is 0.236 e. The predicted octanol–water partition coefficient (Wildman–Crippen LogP) is -2.56. The SMILES string of the molecule is CC(=O)N1CCN(C(=O)CN2CCNCC2C(N)=O)CC1. The van der Waals surface area contributed by atoms with Crippen LogP contribution in [0.4, 0.5) is 0 Å². The van der Waals surface area contributed by atoms with E-state index in [0.717, 1.165) is 6.54 Å². The Morgan fingerprint density at radius 2 is 1.71 bits per heavy atom. The highest BCUT2D eigenvalue weighted by Gasteiger charge is 2.30. The van der Waals surface area contributed by atoms with Crippen molar-refractivity contribution in [3.63, 3.8) is 0 Å². The average Bonchev–Trinajstić information content (AvgIpc) is 2.47. The van der Waals surface area contributed by atoms with Crippen molar-refractivity contribution in [2.24, 2.45) is 5.73 Å². The van der Waals surface area contributed by atoms with Crippen LogP contribution >= 0.6 is 0 Å². The number of primary amides is 1. The van der Waals surface area contributed by atoms with Crippen molar-refractivity contribution in [2.75, 3.05) is 52.4 Å². The first kappa shape index (κ1) is 15.7. The predicted molar refractivity (Wildman–Crippen MR) is 76.3 cm³/mol. The number of nitrogens with one attached hydrogen (secondary N) is 1. The molecule has 0 bridgehead atoms. The van der Waals surface area contributed by atoms with E-state index in [9.17, 15) is 14.4 Å². The van der Waals surface area contributed by atoms with Gasteiger partial charge in [0.15, 0.2) is 0 Å². The number of piperazine rings is 2. The Hall–Kier alpha value is -1.67. The van der Waals surface area contributed by atoms with Gasteiger partial charge in [-0.05, 0) is 0 Å². The van der Waals surface area contributed by atoms with Gasteiger partial charge in [-0.1, -0.05) is 0 Å². The van der Waals surface area contributed by atoms with Gasteiger partial charge in [-0.2, -0.15) is 0 Å². The van der Waals surface area contributed by atoms with Crippen LogP contribution in [-0.4, -0.2) is 90.8 Å².